The Morgan fingerprint density at radius 2 is 2.08 bits per heavy atom. The Hall–Kier alpha value is -1.59. The third-order valence-electron chi connectivity index (χ3n) is 4.98. The fourth-order valence-corrected chi connectivity index (χ4v) is 3.58. The van der Waals surface area contributed by atoms with Gasteiger partial charge in [0.05, 0.1) is 5.92 Å². The number of nitrogens with one attached hydrogen (secondary N) is 2. The summed E-state index contributed by atoms with van der Waals surface area (Å²) >= 11 is 0. The molecule has 6 heteroatoms. The van der Waals surface area contributed by atoms with Crippen molar-refractivity contribution in [2.45, 2.75) is 52.2 Å². The van der Waals surface area contributed by atoms with Gasteiger partial charge in [-0.15, -0.1) is 12.4 Å². The van der Waals surface area contributed by atoms with E-state index in [2.05, 4.69) is 28.8 Å². The SMILES string of the molecule is CCCC(=O)N1CCCC(C(=O)NCc2ccc3c(c2)CNC3)C1.Cl. The highest BCUT2D eigenvalue weighted by molar-refractivity contribution is 5.85. The van der Waals surface area contributed by atoms with E-state index in [0.29, 0.717) is 19.5 Å². The second kappa shape index (κ2) is 9.20. The van der Waals surface area contributed by atoms with Gasteiger partial charge in [0.25, 0.3) is 0 Å². The van der Waals surface area contributed by atoms with Crippen LogP contribution in [0.2, 0.25) is 0 Å². The number of rotatable bonds is 5. The second-order valence-corrected chi connectivity index (χ2v) is 6.85. The zero-order valence-electron chi connectivity index (χ0n) is 14.8. The Balaban J connectivity index is 0.00000225. The number of carbonyl (C=O) groups excluding carboxylic acids is 2. The van der Waals surface area contributed by atoms with Crippen LogP contribution in [0.3, 0.4) is 0 Å². The Bertz CT molecular complexity index is 621. The van der Waals surface area contributed by atoms with Crippen LogP contribution in [0.25, 0.3) is 0 Å². The summed E-state index contributed by atoms with van der Waals surface area (Å²) in [7, 11) is 0. The smallest absolute Gasteiger partial charge is 0.225 e. The molecule has 2 aliphatic heterocycles. The molecule has 0 aliphatic carbocycles. The molecule has 1 aromatic carbocycles. The Morgan fingerprint density at radius 1 is 1.28 bits per heavy atom. The van der Waals surface area contributed by atoms with E-state index in [-0.39, 0.29) is 30.1 Å². The Morgan fingerprint density at radius 3 is 2.88 bits per heavy atom. The van der Waals surface area contributed by atoms with Gasteiger partial charge in [0.1, 0.15) is 0 Å². The minimum atomic E-state index is -0.0735. The molecule has 0 spiro atoms. The third-order valence-corrected chi connectivity index (χ3v) is 4.98. The van der Waals surface area contributed by atoms with Crippen molar-refractivity contribution >= 4 is 24.2 Å². The molecule has 138 valence electrons. The number of hydrogen-bond donors (Lipinski definition) is 2. The molecule has 1 aromatic rings. The lowest BCUT2D eigenvalue weighted by Crippen LogP contribution is -2.45. The number of nitrogens with zero attached hydrogens (tertiary/aromatic N) is 1. The lowest BCUT2D eigenvalue weighted by Gasteiger charge is -2.32. The van der Waals surface area contributed by atoms with Crippen molar-refractivity contribution in [1.82, 2.24) is 15.5 Å². The molecule has 2 heterocycles. The van der Waals surface area contributed by atoms with Gasteiger partial charge in [-0.1, -0.05) is 25.1 Å². The van der Waals surface area contributed by atoms with Crippen LogP contribution in [-0.2, 0) is 29.2 Å². The molecule has 1 saturated heterocycles. The molecular formula is C19H28ClN3O2. The second-order valence-electron chi connectivity index (χ2n) is 6.85. The maximum absolute atomic E-state index is 12.5. The number of amides is 2. The molecule has 2 amide bonds. The van der Waals surface area contributed by atoms with Gasteiger partial charge in [0.2, 0.25) is 11.8 Å². The standard InChI is InChI=1S/C19H27N3O2.ClH/c1-2-4-18(23)22-8-3-5-16(13-22)19(24)21-10-14-6-7-15-11-20-12-17(15)9-14;/h6-7,9,16,20H,2-5,8,10-13H2,1H3,(H,21,24);1H. The zero-order valence-corrected chi connectivity index (χ0v) is 15.7. The lowest BCUT2D eigenvalue weighted by molar-refractivity contribution is -0.135. The molecule has 1 unspecified atom stereocenters. The summed E-state index contributed by atoms with van der Waals surface area (Å²) < 4.78 is 0. The number of hydrogen-bond acceptors (Lipinski definition) is 3. The topological polar surface area (TPSA) is 61.4 Å². The van der Waals surface area contributed by atoms with Crippen molar-refractivity contribution in [2.75, 3.05) is 13.1 Å². The van der Waals surface area contributed by atoms with Crippen molar-refractivity contribution < 1.29 is 9.59 Å². The fraction of sp³-hybridized carbons (Fsp3) is 0.579. The first-order chi connectivity index (χ1) is 11.7. The predicted octanol–water partition coefficient (Wildman–Crippen LogP) is 2.37. The monoisotopic (exact) mass is 365 g/mol. The van der Waals surface area contributed by atoms with Crippen LogP contribution in [0.4, 0.5) is 0 Å². The summed E-state index contributed by atoms with van der Waals surface area (Å²) in [6.45, 7) is 5.78. The van der Waals surface area contributed by atoms with Crippen molar-refractivity contribution in [2.24, 2.45) is 5.92 Å². The normalized spacial score (nSPS) is 19.1. The van der Waals surface area contributed by atoms with E-state index in [4.69, 9.17) is 0 Å². The maximum Gasteiger partial charge on any atom is 0.225 e. The van der Waals surface area contributed by atoms with Crippen molar-refractivity contribution in [1.29, 1.82) is 0 Å². The van der Waals surface area contributed by atoms with E-state index in [1.165, 1.54) is 11.1 Å². The molecule has 5 nitrogen and oxygen atoms in total. The number of carbonyl (C=O) groups is 2. The van der Waals surface area contributed by atoms with Gasteiger partial charge in [0, 0.05) is 39.1 Å². The van der Waals surface area contributed by atoms with Crippen LogP contribution in [-0.4, -0.2) is 29.8 Å². The van der Waals surface area contributed by atoms with Gasteiger partial charge in [-0.25, -0.2) is 0 Å². The third kappa shape index (κ3) is 4.95. The molecular weight excluding hydrogens is 338 g/mol. The highest BCUT2D eigenvalue weighted by Crippen LogP contribution is 2.19. The van der Waals surface area contributed by atoms with Gasteiger partial charge in [0.15, 0.2) is 0 Å². The van der Waals surface area contributed by atoms with Crippen LogP contribution in [0.5, 0.6) is 0 Å². The molecule has 0 bridgehead atoms. The van der Waals surface area contributed by atoms with E-state index in [1.807, 2.05) is 11.8 Å². The molecule has 2 N–H and O–H groups in total. The quantitative estimate of drug-likeness (QED) is 0.842. The first kappa shape index (κ1) is 19.7. The maximum atomic E-state index is 12.5. The van der Waals surface area contributed by atoms with Gasteiger partial charge in [-0.3, -0.25) is 9.59 Å². The molecule has 1 atom stereocenters. The molecule has 1 fully saturated rings. The van der Waals surface area contributed by atoms with Crippen molar-refractivity contribution in [3.05, 3.63) is 34.9 Å². The minimum Gasteiger partial charge on any atom is -0.352 e. The molecule has 2 aliphatic rings. The van der Waals surface area contributed by atoms with Gasteiger partial charge in [-0.05, 0) is 36.0 Å². The first-order valence-electron chi connectivity index (χ1n) is 9.04. The number of fused-ring (bicyclic) bond motifs is 1. The molecule has 0 saturated carbocycles. The fourth-order valence-electron chi connectivity index (χ4n) is 3.58. The van der Waals surface area contributed by atoms with E-state index in [1.54, 1.807) is 0 Å². The summed E-state index contributed by atoms with van der Waals surface area (Å²) in [5.41, 5.74) is 3.82. The van der Waals surface area contributed by atoms with Gasteiger partial charge in [-0.2, -0.15) is 0 Å². The number of piperidine rings is 1. The van der Waals surface area contributed by atoms with Crippen molar-refractivity contribution in [3.8, 4) is 0 Å². The van der Waals surface area contributed by atoms with Gasteiger partial charge >= 0.3 is 0 Å². The van der Waals surface area contributed by atoms with E-state index >= 15 is 0 Å². The number of benzene rings is 1. The minimum absolute atomic E-state index is 0. The summed E-state index contributed by atoms with van der Waals surface area (Å²) in [5.74, 6) is 0.180. The van der Waals surface area contributed by atoms with E-state index < -0.39 is 0 Å². The highest BCUT2D eigenvalue weighted by atomic mass is 35.5. The number of halogens is 1. The van der Waals surface area contributed by atoms with Crippen LogP contribution in [0.15, 0.2) is 18.2 Å². The van der Waals surface area contributed by atoms with E-state index in [0.717, 1.165) is 44.5 Å². The Labute approximate surface area is 155 Å². The average molecular weight is 366 g/mol. The summed E-state index contributed by atoms with van der Waals surface area (Å²) in [6, 6.07) is 6.40. The molecule has 0 aromatic heterocycles. The molecule has 3 rings (SSSR count). The zero-order chi connectivity index (χ0) is 16.9. The van der Waals surface area contributed by atoms with Crippen LogP contribution >= 0.6 is 12.4 Å². The highest BCUT2D eigenvalue weighted by Gasteiger charge is 2.27. The van der Waals surface area contributed by atoms with Crippen molar-refractivity contribution in [3.63, 3.8) is 0 Å². The molecule has 25 heavy (non-hydrogen) atoms. The lowest BCUT2D eigenvalue weighted by atomic mass is 9.96. The summed E-state index contributed by atoms with van der Waals surface area (Å²) in [5, 5.41) is 6.39. The first-order valence-corrected chi connectivity index (χ1v) is 9.04. The summed E-state index contributed by atoms with van der Waals surface area (Å²) in [6.07, 6.45) is 3.23. The largest absolute Gasteiger partial charge is 0.352 e. The summed E-state index contributed by atoms with van der Waals surface area (Å²) in [4.78, 5) is 26.4. The van der Waals surface area contributed by atoms with Gasteiger partial charge < -0.3 is 15.5 Å². The van der Waals surface area contributed by atoms with Crippen LogP contribution in [0.1, 0.15) is 49.3 Å². The van der Waals surface area contributed by atoms with E-state index in [9.17, 15) is 9.59 Å². The predicted molar refractivity (Wildman–Crippen MR) is 100 cm³/mol. The number of likely N-dealkylation sites (tertiary alicyclic amines) is 1. The molecule has 0 radical (unpaired) electrons. The van der Waals surface area contributed by atoms with Crippen LogP contribution < -0.4 is 10.6 Å². The Kier molecular flexibility index (Phi) is 7.26. The van der Waals surface area contributed by atoms with Crippen LogP contribution in [0, 0.1) is 5.92 Å². The average Bonchev–Trinajstić information content (AvgIpc) is 3.07.